The van der Waals surface area contributed by atoms with E-state index in [-0.39, 0.29) is 0 Å². The van der Waals surface area contributed by atoms with Crippen LogP contribution in [0.1, 0.15) is 13.8 Å². The van der Waals surface area contributed by atoms with Gasteiger partial charge in [-0.3, -0.25) is 4.99 Å². The molecule has 0 rings (SSSR count). The average Bonchev–Trinajstić information content (AvgIpc) is 2.01. The second-order valence-electron chi connectivity index (χ2n) is 2.30. The van der Waals surface area contributed by atoms with E-state index in [0.717, 1.165) is 18.1 Å². The number of aliphatic imine (C=N–C) groups is 1. The predicted molar refractivity (Wildman–Crippen MR) is 55.3 cm³/mol. The number of hydrogen-bond donors (Lipinski definition) is 1. The summed E-state index contributed by atoms with van der Waals surface area (Å²) in [5.41, 5.74) is 0.824. The van der Waals surface area contributed by atoms with E-state index in [2.05, 4.69) is 23.5 Å². The van der Waals surface area contributed by atoms with Gasteiger partial charge < -0.3 is 5.32 Å². The molecular weight excluding hydrogens is 148 g/mol. The number of hydrogen-bond acceptors (Lipinski definition) is 1. The number of amidine groups is 1. The van der Waals surface area contributed by atoms with Gasteiger partial charge in [0, 0.05) is 12.2 Å². The van der Waals surface area contributed by atoms with E-state index in [4.69, 9.17) is 0 Å². The first kappa shape index (κ1) is 10.7. The Morgan fingerprint density at radius 2 is 2.25 bits per heavy atom. The normalized spacial score (nSPS) is 11.7. The van der Waals surface area contributed by atoms with Crippen LogP contribution in [-0.4, -0.2) is 12.4 Å². The second-order valence-corrected chi connectivity index (χ2v) is 2.30. The first-order chi connectivity index (χ1) is 5.70. The monoisotopic (exact) mass is 164 g/mol. The smallest absolute Gasteiger partial charge is 0.0975 e. The van der Waals surface area contributed by atoms with Gasteiger partial charge in [0.2, 0.25) is 0 Å². The molecule has 0 bridgehead atoms. The van der Waals surface area contributed by atoms with Crippen molar-refractivity contribution in [1.82, 2.24) is 5.32 Å². The molecule has 0 saturated carbocycles. The molecule has 1 N–H and O–H groups in total. The molecule has 0 aromatic carbocycles. The molecule has 66 valence electrons. The molecule has 0 aliphatic carbocycles. The lowest BCUT2D eigenvalue weighted by Crippen LogP contribution is -2.17. The van der Waals surface area contributed by atoms with Crippen molar-refractivity contribution in [3.63, 3.8) is 0 Å². The van der Waals surface area contributed by atoms with Crippen LogP contribution >= 0.6 is 0 Å². The van der Waals surface area contributed by atoms with Crippen molar-refractivity contribution < 1.29 is 0 Å². The Hall–Kier alpha value is -1.31. The summed E-state index contributed by atoms with van der Waals surface area (Å²) in [5, 5.41) is 3.04. The highest BCUT2D eigenvalue weighted by Gasteiger charge is 1.88. The van der Waals surface area contributed by atoms with Crippen molar-refractivity contribution in [3.05, 3.63) is 37.1 Å². The maximum atomic E-state index is 4.16. The van der Waals surface area contributed by atoms with Crippen LogP contribution in [0.5, 0.6) is 0 Å². The topological polar surface area (TPSA) is 24.4 Å². The molecule has 0 unspecified atom stereocenters. The van der Waals surface area contributed by atoms with Crippen LogP contribution in [0.3, 0.4) is 0 Å². The molecule has 0 aromatic heterocycles. The Kier molecular flexibility index (Phi) is 5.70. The Bertz CT molecular complexity index is 212. The predicted octanol–water partition coefficient (Wildman–Crippen LogP) is 2.27. The van der Waals surface area contributed by atoms with E-state index in [1.807, 2.05) is 26.0 Å². The molecule has 0 saturated heterocycles. The number of nitrogens with zero attached hydrogens (tertiary/aromatic N) is 1. The zero-order valence-corrected chi connectivity index (χ0v) is 7.80. The highest BCUT2D eigenvalue weighted by Crippen LogP contribution is 1.88. The average molecular weight is 164 g/mol. The molecule has 0 spiro atoms. The minimum absolute atomic E-state index is 0.789. The fraction of sp³-hybridized carbons (Fsp3) is 0.300. The third-order valence-electron chi connectivity index (χ3n) is 1.17. The molecule has 0 aliphatic heterocycles. The lowest BCUT2D eigenvalue weighted by Gasteiger charge is -2.03. The van der Waals surface area contributed by atoms with Gasteiger partial charge in [-0.05, 0) is 19.9 Å². The van der Waals surface area contributed by atoms with E-state index in [1.165, 1.54) is 0 Å². The van der Waals surface area contributed by atoms with Gasteiger partial charge in [0.1, 0.15) is 0 Å². The van der Waals surface area contributed by atoms with Crippen molar-refractivity contribution in [1.29, 1.82) is 0 Å². The van der Waals surface area contributed by atoms with Crippen molar-refractivity contribution in [2.75, 3.05) is 6.54 Å². The molecule has 0 fully saturated rings. The highest BCUT2D eigenvalue weighted by molar-refractivity contribution is 5.81. The summed E-state index contributed by atoms with van der Waals surface area (Å²) in [6.07, 6.45) is 5.38. The van der Waals surface area contributed by atoms with Gasteiger partial charge >= 0.3 is 0 Å². The van der Waals surface area contributed by atoms with Gasteiger partial charge in [-0.15, -0.1) is 0 Å². The summed E-state index contributed by atoms with van der Waals surface area (Å²) in [7, 11) is 0. The number of allylic oxidation sites excluding steroid dienone is 3. The fourth-order valence-electron chi connectivity index (χ4n) is 0.735. The van der Waals surface area contributed by atoms with Gasteiger partial charge in [-0.25, -0.2) is 0 Å². The molecule has 12 heavy (non-hydrogen) atoms. The summed E-state index contributed by atoms with van der Waals surface area (Å²) >= 11 is 0. The SMILES string of the molecule is C=C/C=C\C(=C)N/C(C)=N\CC. The van der Waals surface area contributed by atoms with E-state index < -0.39 is 0 Å². The van der Waals surface area contributed by atoms with Gasteiger partial charge in [0.25, 0.3) is 0 Å². The van der Waals surface area contributed by atoms with Crippen molar-refractivity contribution >= 4 is 5.84 Å². The van der Waals surface area contributed by atoms with Crippen LogP contribution in [0.25, 0.3) is 0 Å². The minimum Gasteiger partial charge on any atom is -0.345 e. The first-order valence-electron chi connectivity index (χ1n) is 3.96. The molecule has 0 radical (unpaired) electrons. The third-order valence-corrected chi connectivity index (χ3v) is 1.17. The van der Waals surface area contributed by atoms with Crippen molar-refractivity contribution in [2.45, 2.75) is 13.8 Å². The molecule has 0 heterocycles. The minimum atomic E-state index is 0.789. The summed E-state index contributed by atoms with van der Waals surface area (Å²) in [4.78, 5) is 4.16. The summed E-state index contributed by atoms with van der Waals surface area (Å²) < 4.78 is 0. The number of rotatable bonds is 4. The Balaban J connectivity index is 3.92. The number of nitrogens with one attached hydrogen (secondary N) is 1. The van der Waals surface area contributed by atoms with E-state index in [1.54, 1.807) is 6.08 Å². The third kappa shape index (κ3) is 5.47. The van der Waals surface area contributed by atoms with Crippen LogP contribution in [0.15, 0.2) is 42.1 Å². The Morgan fingerprint density at radius 1 is 1.58 bits per heavy atom. The van der Waals surface area contributed by atoms with Gasteiger partial charge in [-0.1, -0.05) is 25.3 Å². The highest BCUT2D eigenvalue weighted by atomic mass is 15.0. The molecule has 0 atom stereocenters. The second kappa shape index (κ2) is 6.40. The van der Waals surface area contributed by atoms with Crippen molar-refractivity contribution in [2.24, 2.45) is 4.99 Å². The van der Waals surface area contributed by atoms with Crippen LogP contribution in [0.4, 0.5) is 0 Å². The molecule has 0 aliphatic rings. The maximum absolute atomic E-state index is 4.16. The first-order valence-corrected chi connectivity index (χ1v) is 3.96. The fourth-order valence-corrected chi connectivity index (χ4v) is 0.735. The van der Waals surface area contributed by atoms with Crippen LogP contribution < -0.4 is 5.32 Å². The lowest BCUT2D eigenvalue weighted by molar-refractivity contribution is 1.07. The quantitative estimate of drug-likeness (QED) is 0.385. The van der Waals surface area contributed by atoms with Gasteiger partial charge in [0.15, 0.2) is 0 Å². The van der Waals surface area contributed by atoms with E-state index in [0.29, 0.717) is 0 Å². The lowest BCUT2D eigenvalue weighted by atomic mass is 10.4. The maximum Gasteiger partial charge on any atom is 0.0975 e. The van der Waals surface area contributed by atoms with Gasteiger partial charge in [0.05, 0.1) is 5.84 Å². The summed E-state index contributed by atoms with van der Waals surface area (Å²) in [6, 6.07) is 0. The van der Waals surface area contributed by atoms with E-state index >= 15 is 0 Å². The van der Waals surface area contributed by atoms with E-state index in [9.17, 15) is 0 Å². The van der Waals surface area contributed by atoms with Crippen LogP contribution in [0.2, 0.25) is 0 Å². The largest absolute Gasteiger partial charge is 0.345 e. The summed E-state index contributed by atoms with van der Waals surface area (Å²) in [5.74, 6) is 0.885. The van der Waals surface area contributed by atoms with Gasteiger partial charge in [-0.2, -0.15) is 0 Å². The van der Waals surface area contributed by atoms with Crippen molar-refractivity contribution in [3.8, 4) is 0 Å². The van der Waals surface area contributed by atoms with Crippen LogP contribution in [-0.2, 0) is 0 Å². The molecule has 0 aromatic rings. The molecule has 0 amide bonds. The molecule has 2 nitrogen and oxygen atoms in total. The summed E-state index contributed by atoms with van der Waals surface area (Å²) in [6.45, 7) is 12.0. The molecule has 2 heteroatoms. The zero-order valence-electron chi connectivity index (χ0n) is 7.80. The molecular formula is C10H16N2. The zero-order chi connectivity index (χ0) is 9.40. The standard InChI is InChI=1S/C10H16N2/c1-5-7-8-9(3)12-10(4)11-6-2/h5,7-8H,1,3,6H2,2,4H3,(H,11,12)/b8-7-. The Morgan fingerprint density at radius 3 is 2.75 bits per heavy atom. The van der Waals surface area contributed by atoms with Crippen LogP contribution in [0, 0.1) is 0 Å². The Labute approximate surface area is 74.4 Å².